The van der Waals surface area contributed by atoms with Crippen molar-refractivity contribution in [1.29, 1.82) is 0 Å². The fourth-order valence-corrected chi connectivity index (χ4v) is 1.63. The van der Waals surface area contributed by atoms with Gasteiger partial charge in [-0.2, -0.15) is 0 Å². The number of carbonyl (C=O) groups excluding carboxylic acids is 1. The van der Waals surface area contributed by atoms with Gasteiger partial charge < -0.3 is 10.0 Å². The molecule has 0 aromatic heterocycles. The molecule has 0 saturated heterocycles. The molecular formula is C11H19NO2. The second-order valence-corrected chi connectivity index (χ2v) is 3.72. The molecule has 0 bridgehead atoms. The van der Waals surface area contributed by atoms with Gasteiger partial charge in [-0.05, 0) is 12.5 Å². The molecule has 1 rings (SSSR count). The number of carbonyl (C=O) groups is 1. The number of amides is 1. The summed E-state index contributed by atoms with van der Waals surface area (Å²) in [5, 5.41) is 9.38. The van der Waals surface area contributed by atoms with Gasteiger partial charge in [0.15, 0.2) is 0 Å². The molecule has 0 radical (unpaired) electrons. The summed E-state index contributed by atoms with van der Waals surface area (Å²) in [5.41, 5.74) is 0. The molecule has 80 valence electrons. The van der Waals surface area contributed by atoms with Crippen molar-refractivity contribution in [3.8, 4) is 0 Å². The summed E-state index contributed by atoms with van der Waals surface area (Å²) in [5.74, 6) is -0.0620. The van der Waals surface area contributed by atoms with Crippen molar-refractivity contribution in [3.05, 3.63) is 12.2 Å². The van der Waals surface area contributed by atoms with E-state index in [-0.39, 0.29) is 5.91 Å². The monoisotopic (exact) mass is 197 g/mol. The van der Waals surface area contributed by atoms with Gasteiger partial charge in [0.25, 0.3) is 0 Å². The molecule has 3 heteroatoms. The largest absolute Gasteiger partial charge is 0.370 e. The number of rotatable bonds is 6. The average Bonchev–Trinajstić information content (AvgIpc) is 2.48. The Morgan fingerprint density at radius 2 is 2.07 bits per heavy atom. The molecule has 0 saturated carbocycles. The Morgan fingerprint density at radius 1 is 1.36 bits per heavy atom. The Balaban J connectivity index is 2.10. The van der Waals surface area contributed by atoms with Crippen LogP contribution in [0.15, 0.2) is 12.2 Å². The van der Waals surface area contributed by atoms with Gasteiger partial charge in [-0.3, -0.25) is 4.79 Å². The molecule has 1 atom stereocenters. The van der Waals surface area contributed by atoms with Crippen molar-refractivity contribution in [2.24, 2.45) is 0 Å². The first-order valence-electron chi connectivity index (χ1n) is 5.42. The molecular weight excluding hydrogens is 178 g/mol. The molecule has 1 N–H and O–H groups in total. The number of aliphatic hydroxyl groups excluding tert-OH is 1. The fraction of sp³-hybridized carbons (Fsp3) is 0.727. The number of aliphatic hydroxyl groups is 1. The highest BCUT2D eigenvalue weighted by atomic mass is 16.3. The molecule has 0 aromatic rings. The van der Waals surface area contributed by atoms with E-state index in [0.29, 0.717) is 6.54 Å². The predicted molar refractivity (Wildman–Crippen MR) is 55.6 cm³/mol. The second kappa shape index (κ2) is 5.81. The molecule has 1 amide bonds. The maximum atomic E-state index is 11.2. The van der Waals surface area contributed by atoms with Gasteiger partial charge in [-0.25, -0.2) is 0 Å². The molecule has 1 aliphatic heterocycles. The lowest BCUT2D eigenvalue weighted by molar-refractivity contribution is -0.130. The summed E-state index contributed by atoms with van der Waals surface area (Å²) in [6.07, 6.45) is 8.14. The highest BCUT2D eigenvalue weighted by Gasteiger charge is 2.22. The van der Waals surface area contributed by atoms with Crippen LogP contribution in [-0.4, -0.2) is 28.7 Å². The molecule has 1 aliphatic rings. The van der Waals surface area contributed by atoms with Crippen molar-refractivity contribution in [3.63, 3.8) is 0 Å². The van der Waals surface area contributed by atoms with Crippen molar-refractivity contribution in [1.82, 2.24) is 4.90 Å². The van der Waals surface area contributed by atoms with E-state index in [0.717, 1.165) is 12.8 Å². The van der Waals surface area contributed by atoms with Crippen LogP contribution < -0.4 is 0 Å². The van der Waals surface area contributed by atoms with E-state index < -0.39 is 6.23 Å². The van der Waals surface area contributed by atoms with E-state index in [1.165, 1.54) is 36.3 Å². The quantitative estimate of drug-likeness (QED) is 0.658. The lowest BCUT2D eigenvalue weighted by Crippen LogP contribution is -2.34. The van der Waals surface area contributed by atoms with Crippen molar-refractivity contribution in [2.75, 3.05) is 6.54 Å². The summed E-state index contributed by atoms with van der Waals surface area (Å²) >= 11 is 0. The van der Waals surface area contributed by atoms with Crippen LogP contribution in [0.25, 0.3) is 0 Å². The molecule has 1 unspecified atom stereocenters. The van der Waals surface area contributed by atoms with Gasteiger partial charge >= 0.3 is 0 Å². The van der Waals surface area contributed by atoms with Gasteiger partial charge in [-0.1, -0.05) is 32.6 Å². The maximum absolute atomic E-state index is 11.2. The zero-order chi connectivity index (χ0) is 10.4. The Labute approximate surface area is 85.4 Å². The minimum atomic E-state index is -0.686. The maximum Gasteiger partial charge on any atom is 0.248 e. The molecule has 0 fully saturated rings. The van der Waals surface area contributed by atoms with Crippen LogP contribution in [0.1, 0.15) is 39.0 Å². The first-order valence-corrected chi connectivity index (χ1v) is 5.42. The predicted octanol–water partition coefficient (Wildman–Crippen LogP) is 1.67. The molecule has 0 spiro atoms. The summed E-state index contributed by atoms with van der Waals surface area (Å²) < 4.78 is 0. The minimum Gasteiger partial charge on any atom is -0.370 e. The van der Waals surface area contributed by atoms with E-state index >= 15 is 0 Å². The Hall–Kier alpha value is -0.830. The zero-order valence-electron chi connectivity index (χ0n) is 8.78. The van der Waals surface area contributed by atoms with E-state index in [1.807, 2.05) is 0 Å². The van der Waals surface area contributed by atoms with Gasteiger partial charge in [0.2, 0.25) is 5.91 Å². The highest BCUT2D eigenvalue weighted by molar-refractivity contribution is 5.90. The van der Waals surface area contributed by atoms with Gasteiger partial charge in [0.1, 0.15) is 6.23 Å². The zero-order valence-corrected chi connectivity index (χ0v) is 8.78. The van der Waals surface area contributed by atoms with E-state index in [2.05, 4.69) is 6.92 Å². The minimum absolute atomic E-state index is 0.0620. The van der Waals surface area contributed by atoms with E-state index in [1.54, 1.807) is 0 Å². The lowest BCUT2D eigenvalue weighted by Gasteiger charge is -2.19. The van der Waals surface area contributed by atoms with Crippen molar-refractivity contribution < 1.29 is 9.90 Å². The Kier molecular flexibility index (Phi) is 4.66. The van der Waals surface area contributed by atoms with Crippen LogP contribution in [0.5, 0.6) is 0 Å². The number of unbranched alkanes of at least 4 members (excludes halogenated alkanes) is 4. The van der Waals surface area contributed by atoms with Crippen molar-refractivity contribution >= 4 is 5.91 Å². The highest BCUT2D eigenvalue weighted by Crippen LogP contribution is 2.11. The summed E-state index contributed by atoms with van der Waals surface area (Å²) in [6.45, 7) is 2.86. The van der Waals surface area contributed by atoms with Crippen LogP contribution in [0.4, 0.5) is 0 Å². The van der Waals surface area contributed by atoms with Crippen LogP contribution >= 0.6 is 0 Å². The number of nitrogens with zero attached hydrogens (tertiary/aromatic N) is 1. The van der Waals surface area contributed by atoms with Crippen LogP contribution in [0, 0.1) is 0 Å². The van der Waals surface area contributed by atoms with Crippen LogP contribution in [-0.2, 0) is 4.79 Å². The summed E-state index contributed by atoms with van der Waals surface area (Å²) in [7, 11) is 0. The van der Waals surface area contributed by atoms with Crippen LogP contribution in [0.2, 0.25) is 0 Å². The van der Waals surface area contributed by atoms with Gasteiger partial charge in [0.05, 0.1) is 0 Å². The third-order valence-electron chi connectivity index (χ3n) is 2.52. The Morgan fingerprint density at radius 3 is 2.64 bits per heavy atom. The first kappa shape index (κ1) is 11.2. The van der Waals surface area contributed by atoms with E-state index in [9.17, 15) is 9.90 Å². The fourth-order valence-electron chi connectivity index (χ4n) is 1.63. The van der Waals surface area contributed by atoms with Crippen LogP contribution in [0.3, 0.4) is 0 Å². The SMILES string of the molecule is CCCCCCCN1C(=O)C=CC1O. The Bertz CT molecular complexity index is 213. The standard InChI is InChI=1S/C11H19NO2/c1-2-3-4-5-6-9-12-10(13)7-8-11(12)14/h7-8,10,13H,2-6,9H2,1H3. The molecule has 1 heterocycles. The normalized spacial score (nSPS) is 20.9. The third kappa shape index (κ3) is 3.14. The molecule has 14 heavy (non-hydrogen) atoms. The first-order chi connectivity index (χ1) is 6.75. The van der Waals surface area contributed by atoms with Crippen molar-refractivity contribution in [2.45, 2.75) is 45.3 Å². The number of hydrogen-bond donors (Lipinski definition) is 1. The van der Waals surface area contributed by atoms with E-state index in [4.69, 9.17) is 0 Å². The van der Waals surface area contributed by atoms with Gasteiger partial charge in [-0.15, -0.1) is 0 Å². The summed E-state index contributed by atoms with van der Waals surface area (Å²) in [4.78, 5) is 12.7. The third-order valence-corrected chi connectivity index (χ3v) is 2.52. The molecule has 0 aromatic carbocycles. The molecule has 0 aliphatic carbocycles. The number of hydrogen-bond acceptors (Lipinski definition) is 2. The lowest BCUT2D eigenvalue weighted by atomic mass is 10.1. The topological polar surface area (TPSA) is 40.5 Å². The summed E-state index contributed by atoms with van der Waals surface area (Å²) in [6, 6.07) is 0. The smallest absolute Gasteiger partial charge is 0.248 e. The second-order valence-electron chi connectivity index (χ2n) is 3.72. The van der Waals surface area contributed by atoms with Gasteiger partial charge in [0, 0.05) is 12.6 Å². The molecule has 3 nitrogen and oxygen atoms in total. The average molecular weight is 197 g/mol.